The Balaban J connectivity index is 1.18. The molecule has 2 heteroatoms. The predicted octanol–water partition coefficient (Wildman–Crippen LogP) is 12.9. The zero-order valence-corrected chi connectivity index (χ0v) is 28.9. The summed E-state index contributed by atoms with van der Waals surface area (Å²) < 4.78 is 2.47. The Hall–Kier alpha value is -5.86. The molecule has 7 aromatic carbocycles. The monoisotopic (exact) mass is 642 g/mol. The van der Waals surface area contributed by atoms with Gasteiger partial charge in [-0.1, -0.05) is 131 Å². The average Bonchev–Trinajstić information content (AvgIpc) is 3.69. The lowest BCUT2D eigenvalue weighted by atomic mass is 9.82. The first-order valence-electron chi connectivity index (χ1n) is 17.7. The summed E-state index contributed by atoms with van der Waals surface area (Å²) in [5.41, 5.74) is 17.8. The molecule has 0 unspecified atom stereocenters. The summed E-state index contributed by atoms with van der Waals surface area (Å²) in [5.74, 6) is 0. The van der Waals surface area contributed by atoms with Crippen molar-refractivity contribution in [3.05, 3.63) is 180 Å². The molecule has 0 aliphatic heterocycles. The molecular weight excluding hydrogens is 605 g/mol. The van der Waals surface area contributed by atoms with Crippen molar-refractivity contribution in [3.8, 4) is 27.9 Å². The second-order valence-corrected chi connectivity index (χ2v) is 15.0. The molecule has 2 aliphatic carbocycles. The highest BCUT2D eigenvalue weighted by molar-refractivity contribution is 6.10. The number of rotatable bonds is 4. The maximum atomic E-state index is 2.47. The van der Waals surface area contributed by atoms with Gasteiger partial charge >= 0.3 is 0 Å². The van der Waals surface area contributed by atoms with Gasteiger partial charge in [0.25, 0.3) is 0 Å². The minimum Gasteiger partial charge on any atom is -0.310 e. The van der Waals surface area contributed by atoms with E-state index in [1.54, 1.807) is 0 Å². The van der Waals surface area contributed by atoms with Crippen molar-refractivity contribution < 1.29 is 0 Å². The van der Waals surface area contributed by atoms with Crippen molar-refractivity contribution in [2.45, 2.75) is 38.5 Å². The van der Waals surface area contributed by atoms with E-state index >= 15 is 0 Å². The Morgan fingerprint density at radius 3 is 1.62 bits per heavy atom. The Morgan fingerprint density at radius 1 is 0.380 bits per heavy atom. The first-order chi connectivity index (χ1) is 24.3. The molecule has 0 bridgehead atoms. The van der Waals surface area contributed by atoms with Crippen LogP contribution in [-0.4, -0.2) is 4.57 Å². The third-order valence-electron chi connectivity index (χ3n) is 11.6. The number of para-hydroxylation sites is 2. The fourth-order valence-electron chi connectivity index (χ4n) is 9.06. The topological polar surface area (TPSA) is 8.17 Å². The van der Waals surface area contributed by atoms with E-state index in [-0.39, 0.29) is 10.8 Å². The Kier molecular flexibility index (Phi) is 6.01. The van der Waals surface area contributed by atoms with Gasteiger partial charge in [0.1, 0.15) is 0 Å². The third-order valence-corrected chi connectivity index (χ3v) is 11.6. The van der Waals surface area contributed by atoms with Crippen LogP contribution >= 0.6 is 0 Å². The Morgan fingerprint density at radius 2 is 0.900 bits per heavy atom. The van der Waals surface area contributed by atoms with Crippen LogP contribution in [0.15, 0.2) is 158 Å². The molecule has 2 aliphatic rings. The van der Waals surface area contributed by atoms with Gasteiger partial charge in [0, 0.05) is 44.4 Å². The molecule has 50 heavy (non-hydrogen) atoms. The van der Waals surface area contributed by atoms with Crippen molar-refractivity contribution in [2.75, 3.05) is 4.90 Å². The van der Waals surface area contributed by atoms with E-state index in [1.807, 2.05) is 0 Å². The summed E-state index contributed by atoms with van der Waals surface area (Å²) in [6.45, 7) is 9.43. The quantitative estimate of drug-likeness (QED) is 0.185. The smallest absolute Gasteiger partial charge is 0.0561 e. The Labute approximate surface area is 293 Å². The second-order valence-electron chi connectivity index (χ2n) is 15.0. The minimum absolute atomic E-state index is 0.0725. The minimum atomic E-state index is -0.0817. The summed E-state index contributed by atoms with van der Waals surface area (Å²) >= 11 is 0. The average molecular weight is 643 g/mol. The van der Waals surface area contributed by atoms with Crippen molar-refractivity contribution in [2.24, 2.45) is 0 Å². The van der Waals surface area contributed by atoms with Crippen LogP contribution in [0.2, 0.25) is 0 Å². The van der Waals surface area contributed by atoms with Crippen molar-refractivity contribution in [1.29, 1.82) is 0 Å². The zero-order valence-electron chi connectivity index (χ0n) is 28.9. The van der Waals surface area contributed by atoms with Crippen molar-refractivity contribution in [3.63, 3.8) is 0 Å². The second kappa shape index (κ2) is 10.3. The first kappa shape index (κ1) is 29.1. The standard InChI is InChI=1S/C48H38N2/c1-47(2)41-19-11-8-16-35(41)37-25-22-32(28-43(37)47)49(31-14-6-5-7-15-31)34-24-27-40-39-18-10-13-21-45(39)50(46(40)30-34)33-23-26-38-36-17-9-12-20-42(36)48(3,4)44(38)29-33/h5-30H,1-4H3. The fourth-order valence-corrected chi connectivity index (χ4v) is 9.06. The maximum Gasteiger partial charge on any atom is 0.0561 e. The van der Waals surface area contributed by atoms with Gasteiger partial charge in [0.05, 0.1) is 11.0 Å². The van der Waals surface area contributed by atoms with Crippen molar-refractivity contribution in [1.82, 2.24) is 4.57 Å². The van der Waals surface area contributed by atoms with Crippen LogP contribution in [0.5, 0.6) is 0 Å². The normalized spacial score (nSPS) is 14.7. The molecule has 1 heterocycles. The van der Waals surface area contributed by atoms with Crippen LogP contribution in [-0.2, 0) is 10.8 Å². The van der Waals surface area contributed by atoms with Crippen LogP contribution in [0.3, 0.4) is 0 Å². The van der Waals surface area contributed by atoms with E-state index in [9.17, 15) is 0 Å². The molecular formula is C48H38N2. The number of nitrogens with zero attached hydrogens (tertiary/aromatic N) is 2. The number of aromatic nitrogens is 1. The molecule has 0 atom stereocenters. The summed E-state index contributed by atoms with van der Waals surface area (Å²) in [7, 11) is 0. The fraction of sp³-hybridized carbons (Fsp3) is 0.125. The molecule has 240 valence electrons. The SMILES string of the molecule is CC1(C)c2ccccc2-c2ccc(N(c3ccccc3)c3ccc4c5ccccc5n(-c5ccc6c(c5)C(C)(C)c5ccccc5-6)c4c3)cc21. The van der Waals surface area contributed by atoms with E-state index in [1.165, 1.54) is 72.0 Å². The van der Waals surface area contributed by atoms with Gasteiger partial charge in [-0.3, -0.25) is 0 Å². The zero-order chi connectivity index (χ0) is 33.8. The molecule has 0 fully saturated rings. The molecule has 0 amide bonds. The van der Waals surface area contributed by atoms with Gasteiger partial charge in [-0.2, -0.15) is 0 Å². The molecule has 0 saturated heterocycles. The highest BCUT2D eigenvalue weighted by Gasteiger charge is 2.37. The maximum absolute atomic E-state index is 2.47. The molecule has 8 aromatic rings. The highest BCUT2D eigenvalue weighted by atomic mass is 15.1. The van der Waals surface area contributed by atoms with Gasteiger partial charge in [-0.25, -0.2) is 0 Å². The van der Waals surface area contributed by atoms with E-state index in [0.29, 0.717) is 0 Å². The lowest BCUT2D eigenvalue weighted by Crippen LogP contribution is -2.16. The van der Waals surface area contributed by atoms with E-state index < -0.39 is 0 Å². The van der Waals surface area contributed by atoms with Gasteiger partial charge < -0.3 is 9.47 Å². The number of benzene rings is 7. The number of anilines is 3. The van der Waals surface area contributed by atoms with Gasteiger partial charge in [-0.15, -0.1) is 0 Å². The van der Waals surface area contributed by atoms with E-state index in [2.05, 4.69) is 195 Å². The van der Waals surface area contributed by atoms with Crippen LogP contribution < -0.4 is 4.90 Å². The first-order valence-corrected chi connectivity index (χ1v) is 17.7. The Bertz CT molecular complexity index is 2650. The summed E-state index contributed by atoms with van der Waals surface area (Å²) in [4.78, 5) is 2.42. The molecule has 0 spiro atoms. The molecule has 10 rings (SSSR count). The molecule has 1 aromatic heterocycles. The summed E-state index contributed by atoms with van der Waals surface area (Å²) in [5, 5.41) is 2.52. The lowest BCUT2D eigenvalue weighted by Gasteiger charge is -2.28. The van der Waals surface area contributed by atoms with Crippen LogP contribution in [0.4, 0.5) is 17.1 Å². The van der Waals surface area contributed by atoms with Gasteiger partial charge in [0.15, 0.2) is 0 Å². The summed E-state index contributed by atoms with van der Waals surface area (Å²) in [6.07, 6.45) is 0. The number of fused-ring (bicyclic) bond motifs is 9. The largest absolute Gasteiger partial charge is 0.310 e. The highest BCUT2D eigenvalue weighted by Crippen LogP contribution is 2.52. The van der Waals surface area contributed by atoms with Gasteiger partial charge in [0.2, 0.25) is 0 Å². The van der Waals surface area contributed by atoms with E-state index in [0.717, 1.165) is 17.1 Å². The molecule has 0 saturated carbocycles. The van der Waals surface area contributed by atoms with E-state index in [4.69, 9.17) is 0 Å². The van der Waals surface area contributed by atoms with Crippen LogP contribution in [0.25, 0.3) is 49.7 Å². The summed E-state index contributed by atoms with van der Waals surface area (Å²) in [6, 6.07) is 58.5. The number of hydrogen-bond donors (Lipinski definition) is 0. The molecule has 0 radical (unpaired) electrons. The third kappa shape index (κ3) is 3.96. The molecule has 0 N–H and O–H groups in total. The van der Waals surface area contributed by atoms with Crippen LogP contribution in [0, 0.1) is 0 Å². The van der Waals surface area contributed by atoms with Crippen LogP contribution in [0.1, 0.15) is 49.9 Å². The van der Waals surface area contributed by atoms with Crippen molar-refractivity contribution >= 4 is 38.9 Å². The molecule has 2 nitrogen and oxygen atoms in total. The van der Waals surface area contributed by atoms with Gasteiger partial charge in [-0.05, 0) is 99.1 Å². The predicted molar refractivity (Wildman–Crippen MR) is 211 cm³/mol. The number of hydrogen-bond acceptors (Lipinski definition) is 1. The lowest BCUT2D eigenvalue weighted by molar-refractivity contribution is 0.660.